The second kappa shape index (κ2) is 4.61. The third kappa shape index (κ3) is 3.35. The molecule has 0 amide bonds. The smallest absolute Gasteiger partial charge is 0.306 e. The fourth-order valence-corrected chi connectivity index (χ4v) is 1.88. The van der Waals surface area contributed by atoms with Gasteiger partial charge in [0.1, 0.15) is 0 Å². The molecule has 0 bridgehead atoms. The first kappa shape index (κ1) is 10.5. The van der Waals surface area contributed by atoms with Crippen molar-refractivity contribution in [2.45, 2.75) is 51.7 Å². The zero-order valence-corrected chi connectivity index (χ0v) is 8.32. The van der Waals surface area contributed by atoms with E-state index in [-0.39, 0.29) is 18.1 Å². The first-order valence-corrected chi connectivity index (χ1v) is 4.98. The largest absolute Gasteiger partial charge is 0.481 e. The third-order valence-corrected chi connectivity index (χ3v) is 2.44. The van der Waals surface area contributed by atoms with E-state index in [4.69, 9.17) is 9.84 Å². The van der Waals surface area contributed by atoms with Crippen molar-refractivity contribution in [3.8, 4) is 0 Å². The number of carboxylic acid groups (broad SMARTS) is 1. The third-order valence-electron chi connectivity index (χ3n) is 2.44. The molecule has 0 saturated heterocycles. The summed E-state index contributed by atoms with van der Waals surface area (Å²) in [7, 11) is 0. The molecule has 76 valence electrons. The number of aliphatic carboxylic acids is 1. The molecule has 0 spiro atoms. The number of carboxylic acids is 1. The van der Waals surface area contributed by atoms with Crippen molar-refractivity contribution in [3.05, 3.63) is 0 Å². The van der Waals surface area contributed by atoms with Crippen molar-refractivity contribution < 1.29 is 14.6 Å². The molecular formula is C10H18O3. The maximum absolute atomic E-state index is 10.7. The predicted octanol–water partition coefficient (Wildman–Crippen LogP) is 2.05. The zero-order valence-electron chi connectivity index (χ0n) is 8.32. The van der Waals surface area contributed by atoms with Crippen molar-refractivity contribution in [1.82, 2.24) is 0 Å². The summed E-state index contributed by atoms with van der Waals surface area (Å²) in [5.41, 5.74) is 0. The monoisotopic (exact) mass is 186 g/mol. The molecule has 1 aliphatic carbocycles. The summed E-state index contributed by atoms with van der Waals surface area (Å²) in [6.45, 7) is 3.98. The summed E-state index contributed by atoms with van der Waals surface area (Å²) in [5.74, 6) is -0.852. The highest BCUT2D eigenvalue weighted by Crippen LogP contribution is 2.27. The maximum atomic E-state index is 10.7. The van der Waals surface area contributed by atoms with Crippen molar-refractivity contribution >= 4 is 5.97 Å². The van der Waals surface area contributed by atoms with Crippen LogP contribution in [0.3, 0.4) is 0 Å². The van der Waals surface area contributed by atoms with Gasteiger partial charge in [0.15, 0.2) is 0 Å². The molecule has 13 heavy (non-hydrogen) atoms. The highest BCUT2D eigenvalue weighted by molar-refractivity contribution is 5.70. The Bertz CT molecular complexity index is 177. The first-order valence-electron chi connectivity index (χ1n) is 4.98. The van der Waals surface area contributed by atoms with Crippen LogP contribution in [0.5, 0.6) is 0 Å². The minimum Gasteiger partial charge on any atom is -0.481 e. The highest BCUT2D eigenvalue weighted by atomic mass is 16.5. The van der Waals surface area contributed by atoms with Gasteiger partial charge in [0.25, 0.3) is 0 Å². The van der Waals surface area contributed by atoms with Gasteiger partial charge in [0.2, 0.25) is 0 Å². The van der Waals surface area contributed by atoms with Crippen molar-refractivity contribution in [1.29, 1.82) is 0 Å². The van der Waals surface area contributed by atoms with Gasteiger partial charge in [-0.2, -0.15) is 0 Å². The van der Waals surface area contributed by atoms with Crippen LogP contribution in [-0.4, -0.2) is 23.3 Å². The molecule has 0 aromatic carbocycles. The molecule has 1 rings (SSSR count). The minimum absolute atomic E-state index is 0.162. The molecule has 1 saturated carbocycles. The molecule has 1 N–H and O–H groups in total. The number of hydrogen-bond donors (Lipinski definition) is 1. The fraction of sp³-hybridized carbons (Fsp3) is 0.900. The van der Waals surface area contributed by atoms with Gasteiger partial charge in [0, 0.05) is 0 Å². The van der Waals surface area contributed by atoms with E-state index >= 15 is 0 Å². The van der Waals surface area contributed by atoms with Gasteiger partial charge in [-0.1, -0.05) is 6.42 Å². The Kier molecular flexibility index (Phi) is 3.72. The summed E-state index contributed by atoms with van der Waals surface area (Å²) >= 11 is 0. The van der Waals surface area contributed by atoms with Crippen LogP contribution < -0.4 is 0 Å². The average Bonchev–Trinajstić information content (AvgIpc) is 2.03. The van der Waals surface area contributed by atoms with Gasteiger partial charge in [-0.05, 0) is 33.1 Å². The van der Waals surface area contributed by atoms with E-state index in [0.29, 0.717) is 6.42 Å². The van der Waals surface area contributed by atoms with E-state index in [0.717, 1.165) is 19.3 Å². The van der Waals surface area contributed by atoms with Crippen LogP contribution in [0.25, 0.3) is 0 Å². The molecule has 0 aromatic heterocycles. The quantitative estimate of drug-likeness (QED) is 0.733. The van der Waals surface area contributed by atoms with Gasteiger partial charge in [-0.15, -0.1) is 0 Å². The molecule has 1 aliphatic rings. The summed E-state index contributed by atoms with van der Waals surface area (Å²) in [6, 6.07) is 0. The van der Waals surface area contributed by atoms with Gasteiger partial charge >= 0.3 is 5.97 Å². The molecular weight excluding hydrogens is 168 g/mol. The second-order valence-corrected chi connectivity index (χ2v) is 4.01. The lowest BCUT2D eigenvalue weighted by molar-refractivity contribution is -0.145. The lowest BCUT2D eigenvalue weighted by Gasteiger charge is -2.28. The Labute approximate surface area is 79.1 Å². The summed E-state index contributed by atoms with van der Waals surface area (Å²) in [6.07, 6.45) is 3.87. The van der Waals surface area contributed by atoms with E-state index in [1.54, 1.807) is 0 Å². The van der Waals surface area contributed by atoms with Crippen LogP contribution in [0.1, 0.15) is 39.5 Å². The van der Waals surface area contributed by atoms with Crippen LogP contribution in [0.2, 0.25) is 0 Å². The maximum Gasteiger partial charge on any atom is 0.306 e. The van der Waals surface area contributed by atoms with Crippen molar-refractivity contribution in [3.63, 3.8) is 0 Å². The van der Waals surface area contributed by atoms with E-state index in [2.05, 4.69) is 0 Å². The average molecular weight is 186 g/mol. The fourth-order valence-electron chi connectivity index (χ4n) is 1.88. The Morgan fingerprint density at radius 2 is 2.15 bits per heavy atom. The normalized spacial score (nSPS) is 29.2. The molecule has 1 fully saturated rings. The van der Waals surface area contributed by atoms with Crippen LogP contribution in [0, 0.1) is 5.92 Å². The van der Waals surface area contributed by atoms with E-state index in [9.17, 15) is 4.79 Å². The van der Waals surface area contributed by atoms with Gasteiger partial charge in [0.05, 0.1) is 18.1 Å². The predicted molar refractivity (Wildman–Crippen MR) is 49.6 cm³/mol. The number of rotatable bonds is 3. The van der Waals surface area contributed by atoms with Crippen LogP contribution >= 0.6 is 0 Å². The molecule has 3 nitrogen and oxygen atoms in total. The Balaban J connectivity index is 2.37. The van der Waals surface area contributed by atoms with Crippen molar-refractivity contribution in [2.24, 2.45) is 5.92 Å². The van der Waals surface area contributed by atoms with Gasteiger partial charge in [-0.3, -0.25) is 4.79 Å². The van der Waals surface area contributed by atoms with Gasteiger partial charge < -0.3 is 9.84 Å². The molecule has 2 atom stereocenters. The molecule has 0 heterocycles. The molecule has 1 unspecified atom stereocenters. The Hall–Kier alpha value is -0.570. The van der Waals surface area contributed by atoms with E-state index < -0.39 is 5.97 Å². The standard InChI is InChI=1S/C10H18O3/c1-7(2)13-9-5-3-4-8(6-9)10(11)12/h7-9H,3-6H2,1-2H3,(H,11,12)/t8?,9-/m0/s1. The molecule has 0 aromatic rings. The highest BCUT2D eigenvalue weighted by Gasteiger charge is 2.27. The Morgan fingerprint density at radius 1 is 1.46 bits per heavy atom. The topological polar surface area (TPSA) is 46.5 Å². The molecule has 0 radical (unpaired) electrons. The number of hydrogen-bond acceptors (Lipinski definition) is 2. The summed E-state index contributed by atoms with van der Waals surface area (Å²) in [5, 5.41) is 8.83. The van der Waals surface area contributed by atoms with Crippen molar-refractivity contribution in [2.75, 3.05) is 0 Å². The lowest BCUT2D eigenvalue weighted by atomic mass is 9.87. The SMILES string of the molecule is CC(C)O[C@H]1CCCC(C(=O)O)C1. The van der Waals surface area contributed by atoms with Crippen LogP contribution in [0.4, 0.5) is 0 Å². The first-order chi connectivity index (χ1) is 6.09. The van der Waals surface area contributed by atoms with Crippen LogP contribution in [-0.2, 0) is 9.53 Å². The number of carbonyl (C=O) groups is 1. The zero-order chi connectivity index (χ0) is 9.84. The lowest BCUT2D eigenvalue weighted by Crippen LogP contribution is -2.29. The second-order valence-electron chi connectivity index (χ2n) is 4.01. The summed E-state index contributed by atoms with van der Waals surface area (Å²) in [4.78, 5) is 10.7. The molecule has 0 aliphatic heterocycles. The van der Waals surface area contributed by atoms with Gasteiger partial charge in [-0.25, -0.2) is 0 Å². The molecule has 3 heteroatoms. The number of ether oxygens (including phenoxy) is 1. The Morgan fingerprint density at radius 3 is 2.69 bits per heavy atom. The summed E-state index contributed by atoms with van der Waals surface area (Å²) < 4.78 is 5.61. The van der Waals surface area contributed by atoms with E-state index in [1.165, 1.54) is 0 Å². The van der Waals surface area contributed by atoms with E-state index in [1.807, 2.05) is 13.8 Å². The minimum atomic E-state index is -0.669. The van der Waals surface area contributed by atoms with Crippen LogP contribution in [0.15, 0.2) is 0 Å².